The van der Waals surface area contributed by atoms with Gasteiger partial charge in [-0.3, -0.25) is 4.40 Å². The highest BCUT2D eigenvalue weighted by Crippen LogP contribution is 2.57. The molecule has 306 valence electrons. The van der Waals surface area contributed by atoms with Crippen LogP contribution >= 0.6 is 0 Å². The van der Waals surface area contributed by atoms with Crippen LogP contribution in [0, 0.1) is 0 Å². The van der Waals surface area contributed by atoms with Gasteiger partial charge in [0.25, 0.3) is 0 Å². The summed E-state index contributed by atoms with van der Waals surface area (Å²) in [7, 11) is 0. The van der Waals surface area contributed by atoms with Crippen molar-refractivity contribution in [2.75, 3.05) is 9.80 Å². The highest BCUT2D eigenvalue weighted by molar-refractivity contribution is 6.27. The monoisotopic (exact) mass is 839 g/mol. The molecule has 0 atom stereocenters. The van der Waals surface area contributed by atoms with E-state index in [0.29, 0.717) is 0 Å². The van der Waals surface area contributed by atoms with Gasteiger partial charge in [0, 0.05) is 38.6 Å². The van der Waals surface area contributed by atoms with Crippen LogP contribution in [0.5, 0.6) is 0 Å². The summed E-state index contributed by atoms with van der Waals surface area (Å²) in [5, 5.41) is 13.4. The van der Waals surface area contributed by atoms with E-state index in [1.54, 1.807) is 0 Å². The molecule has 0 N–H and O–H groups in total. The minimum absolute atomic E-state index is 0.968. The van der Waals surface area contributed by atoms with E-state index < -0.39 is 0 Å². The summed E-state index contributed by atoms with van der Waals surface area (Å²) in [4.78, 5) is 10.2. The van der Waals surface area contributed by atoms with E-state index in [1.807, 2.05) is 0 Å². The predicted octanol–water partition coefficient (Wildman–Crippen LogP) is 16.6. The van der Waals surface area contributed by atoms with E-state index in [2.05, 4.69) is 243 Å². The molecular formula is C61H37N5. The van der Waals surface area contributed by atoms with Gasteiger partial charge in [0.1, 0.15) is 5.65 Å². The number of nitrogens with zero attached hydrogens (tertiary/aromatic N) is 5. The minimum Gasteiger partial charge on any atom is -0.309 e. The Morgan fingerprint density at radius 3 is 1.36 bits per heavy atom. The standard InChI is InChI=1S/C61H37N5/c1-2-16-38(17-3-1)63-53-25-11-9-23-46(53)51-35-40(31-33-55(51)63)65-58-29-15-14-28-57(58)64(59-36-49-43-20-6-4-18-41(43)42-19-5-7-21-44(42)50(49)37-60(59)65)39-30-32-47-48(34-39)45-22-8-12-26-54(45)66-56-27-13-10-24-52(56)62-61(47)66/h1-37H. The normalized spacial score (nSPS) is 12.8. The molecule has 0 spiro atoms. The molecule has 1 aliphatic rings. The van der Waals surface area contributed by atoms with Gasteiger partial charge in [0.05, 0.1) is 50.3 Å². The third-order valence-electron chi connectivity index (χ3n) is 14.1. The van der Waals surface area contributed by atoms with Gasteiger partial charge in [-0.1, -0.05) is 127 Å². The molecule has 3 aromatic heterocycles. The van der Waals surface area contributed by atoms with Crippen LogP contribution in [0.15, 0.2) is 224 Å². The Kier molecular flexibility index (Phi) is 7.16. The molecule has 0 saturated heterocycles. The number of aromatic nitrogens is 3. The molecule has 11 aromatic carbocycles. The van der Waals surface area contributed by atoms with Crippen LogP contribution in [0.3, 0.4) is 0 Å². The Labute approximate surface area is 378 Å². The van der Waals surface area contributed by atoms with Gasteiger partial charge in [-0.25, -0.2) is 4.98 Å². The second-order valence-corrected chi connectivity index (χ2v) is 17.5. The first-order chi connectivity index (χ1) is 32.8. The second-order valence-electron chi connectivity index (χ2n) is 17.5. The van der Waals surface area contributed by atoms with Crippen LogP contribution in [0.4, 0.5) is 34.1 Å². The molecule has 0 saturated carbocycles. The Morgan fingerprint density at radius 1 is 0.258 bits per heavy atom. The summed E-state index contributed by atoms with van der Waals surface area (Å²) in [6.45, 7) is 0. The highest BCUT2D eigenvalue weighted by Gasteiger charge is 2.32. The maximum atomic E-state index is 5.24. The van der Waals surface area contributed by atoms with Gasteiger partial charge in [-0.2, -0.15) is 0 Å². The van der Waals surface area contributed by atoms with Crippen LogP contribution in [-0.4, -0.2) is 14.0 Å². The Hall–Kier alpha value is -8.93. The van der Waals surface area contributed by atoms with E-state index in [9.17, 15) is 0 Å². The lowest BCUT2D eigenvalue weighted by molar-refractivity contribution is 1.17. The number of imidazole rings is 1. The van der Waals surface area contributed by atoms with Crippen molar-refractivity contribution < 1.29 is 0 Å². The van der Waals surface area contributed by atoms with E-state index in [-0.39, 0.29) is 0 Å². The molecule has 0 amide bonds. The Morgan fingerprint density at radius 2 is 0.712 bits per heavy atom. The maximum absolute atomic E-state index is 5.24. The van der Waals surface area contributed by atoms with Crippen molar-refractivity contribution in [1.82, 2.24) is 14.0 Å². The predicted molar refractivity (Wildman–Crippen MR) is 277 cm³/mol. The summed E-state index contributed by atoms with van der Waals surface area (Å²) < 4.78 is 4.72. The topological polar surface area (TPSA) is 28.7 Å². The average Bonchev–Trinajstić information content (AvgIpc) is 3.94. The number of rotatable bonds is 3. The largest absolute Gasteiger partial charge is 0.309 e. The van der Waals surface area contributed by atoms with Crippen LogP contribution in [0.2, 0.25) is 0 Å². The van der Waals surface area contributed by atoms with Crippen molar-refractivity contribution >= 4 is 127 Å². The van der Waals surface area contributed by atoms with Crippen LogP contribution in [0.25, 0.3) is 98.2 Å². The van der Waals surface area contributed by atoms with Crippen molar-refractivity contribution in [3.63, 3.8) is 0 Å². The highest BCUT2D eigenvalue weighted by atomic mass is 15.3. The molecule has 4 heterocycles. The molecule has 0 fully saturated rings. The molecule has 0 radical (unpaired) electrons. The molecular weight excluding hydrogens is 803 g/mol. The fourth-order valence-corrected chi connectivity index (χ4v) is 11.3. The summed E-state index contributed by atoms with van der Waals surface area (Å²) in [5.41, 5.74) is 14.4. The summed E-state index contributed by atoms with van der Waals surface area (Å²) >= 11 is 0. The minimum atomic E-state index is 0.968. The molecule has 66 heavy (non-hydrogen) atoms. The zero-order valence-electron chi connectivity index (χ0n) is 35.6. The summed E-state index contributed by atoms with van der Waals surface area (Å²) in [5.74, 6) is 0. The summed E-state index contributed by atoms with van der Waals surface area (Å²) in [6, 6.07) is 82.3. The quantitative estimate of drug-likeness (QED) is 0.166. The van der Waals surface area contributed by atoms with Crippen molar-refractivity contribution in [3.8, 4) is 5.69 Å². The number of anilines is 6. The zero-order chi connectivity index (χ0) is 43.0. The van der Waals surface area contributed by atoms with Crippen molar-refractivity contribution in [1.29, 1.82) is 0 Å². The molecule has 0 aliphatic carbocycles. The maximum Gasteiger partial charge on any atom is 0.146 e. The van der Waals surface area contributed by atoms with Crippen LogP contribution in [-0.2, 0) is 0 Å². The van der Waals surface area contributed by atoms with Gasteiger partial charge in [-0.15, -0.1) is 0 Å². The Bertz CT molecular complexity index is 4370. The first-order valence-corrected chi connectivity index (χ1v) is 22.6. The number of para-hydroxylation sites is 7. The number of pyridine rings is 1. The lowest BCUT2D eigenvalue weighted by atomic mass is 9.92. The van der Waals surface area contributed by atoms with Gasteiger partial charge in [0.15, 0.2) is 0 Å². The smallest absolute Gasteiger partial charge is 0.146 e. The molecule has 1 aliphatic heterocycles. The lowest BCUT2D eigenvalue weighted by Gasteiger charge is -2.41. The number of benzene rings is 11. The van der Waals surface area contributed by atoms with Crippen LogP contribution < -0.4 is 9.80 Å². The second kappa shape index (κ2) is 13.3. The van der Waals surface area contributed by atoms with E-state index in [0.717, 1.165) is 67.4 Å². The van der Waals surface area contributed by atoms with Gasteiger partial charge in [-0.05, 0) is 135 Å². The van der Waals surface area contributed by atoms with E-state index in [1.165, 1.54) is 64.9 Å². The first-order valence-electron chi connectivity index (χ1n) is 22.6. The molecule has 0 unspecified atom stereocenters. The molecule has 14 aromatic rings. The fourth-order valence-electron chi connectivity index (χ4n) is 11.3. The number of hydrogen-bond acceptors (Lipinski definition) is 3. The van der Waals surface area contributed by atoms with E-state index >= 15 is 0 Å². The molecule has 0 bridgehead atoms. The van der Waals surface area contributed by atoms with Gasteiger partial charge < -0.3 is 14.4 Å². The fraction of sp³-hybridized carbons (Fsp3) is 0. The van der Waals surface area contributed by atoms with Crippen molar-refractivity contribution in [3.05, 3.63) is 224 Å². The van der Waals surface area contributed by atoms with Crippen molar-refractivity contribution in [2.24, 2.45) is 0 Å². The first kappa shape index (κ1) is 35.5. The average molecular weight is 840 g/mol. The molecule has 15 rings (SSSR count). The number of fused-ring (bicyclic) bond motifs is 19. The Balaban J connectivity index is 1.04. The van der Waals surface area contributed by atoms with Crippen molar-refractivity contribution in [2.45, 2.75) is 0 Å². The third-order valence-corrected chi connectivity index (χ3v) is 14.1. The molecule has 5 heteroatoms. The number of hydrogen-bond donors (Lipinski definition) is 0. The lowest BCUT2D eigenvalue weighted by Crippen LogP contribution is -2.24. The van der Waals surface area contributed by atoms with Gasteiger partial charge >= 0.3 is 0 Å². The van der Waals surface area contributed by atoms with Crippen LogP contribution in [0.1, 0.15) is 0 Å². The SMILES string of the molecule is c1ccc(-n2c3ccccc3c3cc(N4c5ccccc5N(c5ccc6c(c5)c5ccccc5n5c7ccccc7nc65)c5cc6c7ccccc7c7ccccc7c6cc54)ccc32)cc1. The van der Waals surface area contributed by atoms with Gasteiger partial charge in [0.2, 0.25) is 0 Å². The zero-order valence-corrected chi connectivity index (χ0v) is 35.6. The summed E-state index contributed by atoms with van der Waals surface area (Å²) in [6.07, 6.45) is 0. The molecule has 5 nitrogen and oxygen atoms in total. The van der Waals surface area contributed by atoms with E-state index in [4.69, 9.17) is 4.98 Å². The third kappa shape index (κ3) is 4.80.